The molecule has 13 heteroatoms. The molecule has 0 saturated heterocycles. The molecular formula is C34H28N6O5S2. The molecule has 47 heavy (non-hydrogen) atoms. The molecule has 0 atom stereocenters. The largest absolute Gasteiger partial charge is 0.507 e. The van der Waals surface area contributed by atoms with Gasteiger partial charge in [0.05, 0.1) is 29.9 Å². The maximum Gasteiger partial charge on any atom is 0.220 e. The lowest BCUT2D eigenvalue weighted by Crippen LogP contribution is -2.06. The predicted octanol–water partition coefficient (Wildman–Crippen LogP) is 6.93. The summed E-state index contributed by atoms with van der Waals surface area (Å²) in [4.78, 5) is 9.32. The number of hydrogen-bond acceptors (Lipinski definition) is 11. The number of benzene rings is 3. The highest BCUT2D eigenvalue weighted by Crippen LogP contribution is 2.46. The van der Waals surface area contributed by atoms with Gasteiger partial charge in [-0.3, -0.25) is 0 Å². The molecule has 0 fully saturated rings. The quantitative estimate of drug-likeness (QED) is 0.135. The molecule has 4 N–H and O–H groups in total. The lowest BCUT2D eigenvalue weighted by molar-refractivity contribution is 0.414. The first-order valence-corrected chi connectivity index (χ1v) is 16.2. The van der Waals surface area contributed by atoms with Crippen molar-refractivity contribution >= 4 is 22.7 Å². The first-order chi connectivity index (χ1) is 22.7. The van der Waals surface area contributed by atoms with Gasteiger partial charge in [-0.2, -0.15) is 19.6 Å². The highest BCUT2D eigenvalue weighted by Gasteiger charge is 2.34. The molecule has 0 bridgehead atoms. The highest BCUT2D eigenvalue weighted by atomic mass is 32.1. The Morgan fingerprint density at radius 2 is 1.09 bits per heavy atom. The minimum Gasteiger partial charge on any atom is -0.507 e. The maximum atomic E-state index is 11.8. The number of hydrogen-bond donors (Lipinski definition) is 4. The van der Waals surface area contributed by atoms with E-state index in [1.807, 2.05) is 36.4 Å². The molecule has 0 saturated carbocycles. The number of aryl methyl sites for hydroxylation is 2. The van der Waals surface area contributed by atoms with Gasteiger partial charge in [0.2, 0.25) is 22.0 Å². The van der Waals surface area contributed by atoms with Crippen LogP contribution in [0.3, 0.4) is 0 Å². The van der Waals surface area contributed by atoms with Crippen LogP contribution in [0.5, 0.6) is 29.0 Å². The standard InChI is InChI=1S/C34H28N6O5S2/c1-18-28(31(43)39(37-18)33-35-24(16-46-33)22-8-4-6-10-26(22)41)30(20-12-14-21(45-3)15-13-20)29-19(2)38-40(32(29)44)34-36-25(17-47-34)23-9-5-7-11-27(23)42/h4-17,30,41-44H,1-3H3. The molecule has 0 aliphatic rings. The number of phenols is 2. The van der Waals surface area contributed by atoms with E-state index in [4.69, 9.17) is 4.74 Å². The SMILES string of the molecule is COc1ccc(C(c2c(C)nn(-c3nc(-c4ccccc4O)cs3)c2O)c2c(C)nn(-c3nc(-c4ccccc4O)cs3)c2O)cc1. The summed E-state index contributed by atoms with van der Waals surface area (Å²) in [5.41, 5.74) is 4.94. The second-order valence-corrected chi connectivity index (χ2v) is 12.4. The maximum absolute atomic E-state index is 11.8. The van der Waals surface area contributed by atoms with Gasteiger partial charge in [0.25, 0.3) is 0 Å². The van der Waals surface area contributed by atoms with Crippen molar-refractivity contribution in [2.24, 2.45) is 0 Å². The summed E-state index contributed by atoms with van der Waals surface area (Å²) in [6, 6.07) is 21.2. The molecule has 0 amide bonds. The number of phenolic OH excluding ortho intramolecular Hbond substituents is 2. The van der Waals surface area contributed by atoms with Crippen molar-refractivity contribution in [3.63, 3.8) is 0 Å². The van der Waals surface area contributed by atoms with Gasteiger partial charge in [-0.1, -0.05) is 36.4 Å². The van der Waals surface area contributed by atoms with Crippen molar-refractivity contribution in [2.75, 3.05) is 7.11 Å². The molecule has 236 valence electrons. The van der Waals surface area contributed by atoms with Gasteiger partial charge in [-0.05, 0) is 55.8 Å². The zero-order chi connectivity index (χ0) is 32.8. The first kappa shape index (κ1) is 30.0. The average molecular weight is 665 g/mol. The Labute approximate surface area is 276 Å². The van der Waals surface area contributed by atoms with Crippen LogP contribution in [0.2, 0.25) is 0 Å². The third-order valence-electron chi connectivity index (χ3n) is 7.90. The van der Waals surface area contributed by atoms with Crippen LogP contribution >= 0.6 is 22.7 Å². The van der Waals surface area contributed by atoms with Crippen LogP contribution in [0.1, 0.15) is 34.0 Å². The minimum atomic E-state index is -0.696. The van der Waals surface area contributed by atoms with Crippen molar-refractivity contribution in [2.45, 2.75) is 19.8 Å². The lowest BCUT2D eigenvalue weighted by Gasteiger charge is -2.18. The van der Waals surface area contributed by atoms with Crippen molar-refractivity contribution in [3.8, 4) is 61.8 Å². The van der Waals surface area contributed by atoms with Gasteiger partial charge in [0, 0.05) is 38.9 Å². The Kier molecular flexibility index (Phi) is 7.62. The molecule has 0 aliphatic heterocycles. The second kappa shape index (κ2) is 11.9. The number of para-hydroxylation sites is 2. The summed E-state index contributed by atoms with van der Waals surface area (Å²) in [7, 11) is 1.58. The number of rotatable bonds is 8. The van der Waals surface area contributed by atoms with Crippen molar-refractivity contribution in [3.05, 3.63) is 112 Å². The molecule has 7 aromatic rings. The second-order valence-electron chi connectivity index (χ2n) is 10.7. The van der Waals surface area contributed by atoms with Gasteiger partial charge in [0.1, 0.15) is 17.2 Å². The fourth-order valence-corrected chi connectivity index (χ4v) is 7.17. The predicted molar refractivity (Wildman–Crippen MR) is 179 cm³/mol. The topological polar surface area (TPSA) is 152 Å². The lowest BCUT2D eigenvalue weighted by atomic mass is 9.85. The smallest absolute Gasteiger partial charge is 0.220 e. The normalized spacial score (nSPS) is 11.4. The van der Waals surface area contributed by atoms with E-state index in [0.717, 1.165) is 5.56 Å². The van der Waals surface area contributed by atoms with E-state index in [2.05, 4.69) is 20.2 Å². The Morgan fingerprint density at radius 1 is 0.638 bits per heavy atom. The van der Waals surface area contributed by atoms with Crippen LogP contribution in [0, 0.1) is 13.8 Å². The molecular weight excluding hydrogens is 637 g/mol. The number of aromatic nitrogens is 6. The van der Waals surface area contributed by atoms with E-state index < -0.39 is 5.92 Å². The van der Waals surface area contributed by atoms with Crippen LogP contribution < -0.4 is 4.74 Å². The summed E-state index contributed by atoms with van der Waals surface area (Å²) >= 11 is 2.54. The van der Waals surface area contributed by atoms with Crippen LogP contribution in [-0.4, -0.2) is 57.1 Å². The Balaban J connectivity index is 1.35. The van der Waals surface area contributed by atoms with Gasteiger partial charge < -0.3 is 25.2 Å². The Bertz CT molecular complexity index is 2100. The Hall–Kier alpha value is -5.66. The third kappa shape index (κ3) is 5.24. The van der Waals surface area contributed by atoms with E-state index in [9.17, 15) is 20.4 Å². The molecule has 7 rings (SSSR count). The van der Waals surface area contributed by atoms with E-state index in [-0.39, 0.29) is 23.3 Å². The van der Waals surface area contributed by atoms with Crippen LogP contribution in [-0.2, 0) is 0 Å². The van der Waals surface area contributed by atoms with Gasteiger partial charge in [0.15, 0.2) is 0 Å². The molecule has 0 unspecified atom stereocenters. The third-order valence-corrected chi connectivity index (χ3v) is 9.53. The summed E-state index contributed by atoms with van der Waals surface area (Å²) in [5.74, 6) is -0.144. The highest BCUT2D eigenvalue weighted by molar-refractivity contribution is 7.12. The van der Waals surface area contributed by atoms with E-state index >= 15 is 0 Å². The van der Waals surface area contributed by atoms with E-state index in [1.54, 1.807) is 68.1 Å². The monoisotopic (exact) mass is 664 g/mol. The summed E-state index contributed by atoms with van der Waals surface area (Å²) in [6.07, 6.45) is 0. The molecule has 0 aliphatic carbocycles. The van der Waals surface area contributed by atoms with Crippen molar-refractivity contribution in [1.82, 2.24) is 29.5 Å². The van der Waals surface area contributed by atoms with Crippen molar-refractivity contribution < 1.29 is 25.2 Å². The summed E-state index contributed by atoms with van der Waals surface area (Å²) < 4.78 is 8.13. The first-order valence-electron chi connectivity index (χ1n) is 14.4. The van der Waals surface area contributed by atoms with Crippen LogP contribution in [0.15, 0.2) is 83.6 Å². The van der Waals surface area contributed by atoms with Gasteiger partial charge in [-0.25, -0.2) is 9.97 Å². The molecule has 0 radical (unpaired) electrons. The number of aromatic hydroxyl groups is 4. The van der Waals surface area contributed by atoms with Crippen LogP contribution in [0.4, 0.5) is 0 Å². The molecule has 4 aromatic heterocycles. The van der Waals surface area contributed by atoms with Gasteiger partial charge in [-0.15, -0.1) is 22.7 Å². The number of nitrogens with zero attached hydrogens (tertiary/aromatic N) is 6. The fraction of sp³-hybridized carbons (Fsp3) is 0.118. The number of methoxy groups -OCH3 is 1. The molecule has 3 aromatic carbocycles. The van der Waals surface area contributed by atoms with E-state index in [0.29, 0.717) is 61.0 Å². The fourth-order valence-electron chi connectivity index (χ4n) is 5.62. The zero-order valence-corrected chi connectivity index (χ0v) is 27.0. The summed E-state index contributed by atoms with van der Waals surface area (Å²) in [6.45, 7) is 3.58. The van der Waals surface area contributed by atoms with Crippen LogP contribution in [0.25, 0.3) is 32.8 Å². The Morgan fingerprint density at radius 3 is 1.51 bits per heavy atom. The molecule has 0 spiro atoms. The van der Waals surface area contributed by atoms with Crippen molar-refractivity contribution in [1.29, 1.82) is 0 Å². The van der Waals surface area contributed by atoms with E-state index in [1.165, 1.54) is 32.0 Å². The average Bonchev–Trinajstić information content (AvgIpc) is 3.87. The number of ether oxygens (including phenoxy) is 1. The minimum absolute atomic E-state index is 0.0985. The van der Waals surface area contributed by atoms with Gasteiger partial charge >= 0.3 is 0 Å². The molecule has 11 nitrogen and oxygen atoms in total. The number of thiazole rings is 2. The molecule has 4 heterocycles. The zero-order valence-electron chi connectivity index (χ0n) is 25.4. The summed E-state index contributed by atoms with van der Waals surface area (Å²) in [5, 5.41) is 58.0.